The Morgan fingerprint density at radius 3 is 2.52 bits per heavy atom. The van der Waals surface area contributed by atoms with Crippen molar-refractivity contribution in [3.8, 4) is 0 Å². The summed E-state index contributed by atoms with van der Waals surface area (Å²) in [5.41, 5.74) is 0.935. The summed E-state index contributed by atoms with van der Waals surface area (Å²) in [5.74, 6) is 2.69. The van der Waals surface area contributed by atoms with Crippen LogP contribution in [-0.2, 0) is 0 Å². The third-order valence-corrected chi connectivity index (χ3v) is 4.21. The third-order valence-electron chi connectivity index (χ3n) is 3.60. The molecule has 1 fully saturated rings. The van der Waals surface area contributed by atoms with Gasteiger partial charge >= 0.3 is 0 Å². The van der Waals surface area contributed by atoms with Crippen LogP contribution in [0.25, 0.3) is 11.3 Å². The minimum Gasteiger partial charge on any atom is -0.366 e. The molecule has 0 saturated carbocycles. The molecule has 0 aliphatic carbocycles. The largest absolute Gasteiger partial charge is 0.366 e. The second-order valence-corrected chi connectivity index (χ2v) is 6.11. The van der Waals surface area contributed by atoms with Crippen LogP contribution in [0.15, 0.2) is 4.63 Å². The van der Waals surface area contributed by atoms with Crippen LogP contribution in [0, 0.1) is 0 Å². The zero-order valence-electron chi connectivity index (χ0n) is 12.2. The van der Waals surface area contributed by atoms with E-state index in [0.717, 1.165) is 37.0 Å². The number of nitrogens with one attached hydrogen (secondary N) is 1. The van der Waals surface area contributed by atoms with E-state index < -0.39 is 0 Å². The first-order valence-electron chi connectivity index (χ1n) is 7.36. The summed E-state index contributed by atoms with van der Waals surface area (Å²) in [4.78, 5) is 11.4. The van der Waals surface area contributed by atoms with Gasteiger partial charge in [0.15, 0.2) is 11.6 Å². The molecule has 1 saturated heterocycles. The van der Waals surface area contributed by atoms with Crippen LogP contribution in [0.5, 0.6) is 0 Å². The zero-order chi connectivity index (χ0) is 14.5. The maximum Gasteiger partial charge on any atom is 0.245 e. The molecule has 0 bridgehead atoms. The van der Waals surface area contributed by atoms with E-state index in [-0.39, 0.29) is 0 Å². The number of nitrogens with zero attached hydrogens (tertiary/aromatic N) is 5. The van der Waals surface area contributed by atoms with E-state index in [1.54, 1.807) is 11.8 Å². The Hall–Kier alpha value is -1.57. The lowest BCUT2D eigenvalue weighted by molar-refractivity contribution is 0.314. The van der Waals surface area contributed by atoms with Crippen LogP contribution in [0.4, 0.5) is 11.6 Å². The fraction of sp³-hybridized carbons (Fsp3) is 0.692. The Morgan fingerprint density at radius 1 is 1.10 bits per heavy atom. The first kappa shape index (κ1) is 14.4. The van der Waals surface area contributed by atoms with E-state index in [2.05, 4.69) is 36.8 Å². The van der Waals surface area contributed by atoms with Gasteiger partial charge in [0.1, 0.15) is 0 Å². The van der Waals surface area contributed by atoms with Gasteiger partial charge in [-0.25, -0.2) is 14.6 Å². The predicted octanol–water partition coefficient (Wildman–Crippen LogP) is 2.17. The van der Waals surface area contributed by atoms with Crippen molar-refractivity contribution in [3.05, 3.63) is 0 Å². The summed E-state index contributed by atoms with van der Waals surface area (Å²) in [6.07, 6.45) is 7.05. The molecule has 1 N–H and O–H groups in total. The summed E-state index contributed by atoms with van der Waals surface area (Å²) in [6, 6.07) is 0. The van der Waals surface area contributed by atoms with Gasteiger partial charge in [-0.15, -0.1) is 0 Å². The molecule has 2 aromatic rings. The molecule has 0 unspecified atom stereocenters. The molecular weight excluding hydrogens is 288 g/mol. The average molecular weight is 308 g/mol. The molecule has 1 aliphatic rings. The highest BCUT2D eigenvalue weighted by Gasteiger charge is 2.19. The van der Waals surface area contributed by atoms with E-state index in [4.69, 9.17) is 4.63 Å². The zero-order valence-corrected chi connectivity index (χ0v) is 13.0. The van der Waals surface area contributed by atoms with Crippen LogP contribution in [-0.4, -0.2) is 51.9 Å². The molecule has 3 heterocycles. The Morgan fingerprint density at radius 2 is 1.81 bits per heavy atom. The molecule has 0 spiro atoms. The SMILES string of the molecule is CSCCNc1nc2nonc2nc1N1CCCCCC1. The Labute approximate surface area is 127 Å². The minimum absolute atomic E-state index is 0.459. The Bertz CT molecular complexity index is 581. The van der Waals surface area contributed by atoms with Crippen molar-refractivity contribution in [2.75, 3.05) is 41.9 Å². The van der Waals surface area contributed by atoms with Gasteiger partial charge in [-0.3, -0.25) is 0 Å². The van der Waals surface area contributed by atoms with Crippen LogP contribution in [0.2, 0.25) is 0 Å². The smallest absolute Gasteiger partial charge is 0.245 e. The van der Waals surface area contributed by atoms with Crippen LogP contribution < -0.4 is 10.2 Å². The topological polar surface area (TPSA) is 80.0 Å². The van der Waals surface area contributed by atoms with Crippen LogP contribution in [0.1, 0.15) is 25.7 Å². The molecule has 114 valence electrons. The molecule has 0 radical (unpaired) electrons. The van der Waals surface area contributed by atoms with Gasteiger partial charge in [-0.2, -0.15) is 11.8 Å². The normalized spacial score (nSPS) is 16.1. The monoisotopic (exact) mass is 308 g/mol. The van der Waals surface area contributed by atoms with E-state index in [0.29, 0.717) is 11.3 Å². The molecular formula is C13H20N6OS. The summed E-state index contributed by atoms with van der Waals surface area (Å²) in [6.45, 7) is 2.89. The fourth-order valence-electron chi connectivity index (χ4n) is 2.52. The summed E-state index contributed by atoms with van der Waals surface area (Å²) in [7, 11) is 0. The van der Waals surface area contributed by atoms with Gasteiger partial charge in [0, 0.05) is 25.4 Å². The van der Waals surface area contributed by atoms with Crippen LogP contribution in [0.3, 0.4) is 0 Å². The molecule has 2 aromatic heterocycles. The number of hydrogen-bond acceptors (Lipinski definition) is 8. The molecule has 0 aromatic carbocycles. The standard InChI is InChI=1S/C13H20N6OS/c1-21-9-6-14-12-13(19-7-4-2-3-5-8-19)16-11-10(15-12)17-20-18-11/h2-9H2,1H3,(H,14,15,17). The molecule has 7 nitrogen and oxygen atoms in total. The number of anilines is 2. The first-order chi connectivity index (χ1) is 10.4. The van der Waals surface area contributed by atoms with Crippen molar-refractivity contribution < 1.29 is 4.63 Å². The van der Waals surface area contributed by atoms with Crippen molar-refractivity contribution in [2.24, 2.45) is 0 Å². The second kappa shape index (κ2) is 6.93. The number of aromatic nitrogens is 4. The summed E-state index contributed by atoms with van der Waals surface area (Å²) >= 11 is 1.80. The van der Waals surface area contributed by atoms with Gasteiger partial charge in [0.25, 0.3) is 0 Å². The van der Waals surface area contributed by atoms with Crippen molar-refractivity contribution in [1.82, 2.24) is 20.3 Å². The quantitative estimate of drug-likeness (QED) is 0.842. The summed E-state index contributed by atoms with van der Waals surface area (Å²) in [5, 5.41) is 11.0. The van der Waals surface area contributed by atoms with Crippen molar-refractivity contribution in [1.29, 1.82) is 0 Å². The lowest BCUT2D eigenvalue weighted by Crippen LogP contribution is -2.26. The highest BCUT2D eigenvalue weighted by Crippen LogP contribution is 2.26. The number of rotatable bonds is 5. The number of fused-ring (bicyclic) bond motifs is 1. The highest BCUT2D eigenvalue weighted by atomic mass is 32.2. The maximum absolute atomic E-state index is 4.74. The average Bonchev–Trinajstić information content (AvgIpc) is 2.78. The number of thioether (sulfide) groups is 1. The van der Waals surface area contributed by atoms with Gasteiger partial charge in [-0.05, 0) is 29.4 Å². The van der Waals surface area contributed by atoms with Crippen LogP contribution >= 0.6 is 11.8 Å². The van der Waals surface area contributed by atoms with Gasteiger partial charge in [0.05, 0.1) is 0 Å². The van der Waals surface area contributed by atoms with E-state index >= 15 is 0 Å². The molecule has 8 heteroatoms. The fourth-order valence-corrected chi connectivity index (χ4v) is 2.83. The lowest BCUT2D eigenvalue weighted by atomic mass is 10.2. The van der Waals surface area contributed by atoms with Crippen molar-refractivity contribution >= 4 is 34.7 Å². The molecule has 3 rings (SSSR count). The van der Waals surface area contributed by atoms with Crippen molar-refractivity contribution in [3.63, 3.8) is 0 Å². The second-order valence-electron chi connectivity index (χ2n) is 5.13. The van der Waals surface area contributed by atoms with Gasteiger partial charge < -0.3 is 10.2 Å². The number of hydrogen-bond donors (Lipinski definition) is 1. The van der Waals surface area contributed by atoms with Crippen molar-refractivity contribution in [2.45, 2.75) is 25.7 Å². The Kier molecular flexibility index (Phi) is 4.74. The van der Waals surface area contributed by atoms with E-state index in [9.17, 15) is 0 Å². The first-order valence-corrected chi connectivity index (χ1v) is 8.76. The molecule has 21 heavy (non-hydrogen) atoms. The van der Waals surface area contributed by atoms with E-state index in [1.807, 2.05) is 0 Å². The lowest BCUT2D eigenvalue weighted by Gasteiger charge is -2.23. The maximum atomic E-state index is 4.74. The molecule has 0 atom stereocenters. The summed E-state index contributed by atoms with van der Waals surface area (Å²) < 4.78 is 4.74. The third kappa shape index (κ3) is 3.37. The minimum atomic E-state index is 0.459. The predicted molar refractivity (Wildman–Crippen MR) is 84.9 cm³/mol. The molecule has 0 amide bonds. The molecule has 1 aliphatic heterocycles. The van der Waals surface area contributed by atoms with E-state index in [1.165, 1.54) is 25.7 Å². The highest BCUT2D eigenvalue weighted by molar-refractivity contribution is 7.98. The van der Waals surface area contributed by atoms with Gasteiger partial charge in [0.2, 0.25) is 11.3 Å². The van der Waals surface area contributed by atoms with Gasteiger partial charge in [-0.1, -0.05) is 12.8 Å². The Balaban J connectivity index is 1.90.